The van der Waals surface area contributed by atoms with Crippen molar-refractivity contribution >= 4 is 32.7 Å². The summed E-state index contributed by atoms with van der Waals surface area (Å²) in [7, 11) is -3.00. The van der Waals surface area contributed by atoms with Gasteiger partial charge in [0, 0.05) is 12.1 Å². The van der Waals surface area contributed by atoms with Gasteiger partial charge in [0.05, 0.1) is 11.5 Å². The van der Waals surface area contributed by atoms with Crippen molar-refractivity contribution in [1.82, 2.24) is 0 Å². The summed E-state index contributed by atoms with van der Waals surface area (Å²) >= 11 is 4.66. The van der Waals surface area contributed by atoms with Crippen molar-refractivity contribution in [2.75, 3.05) is 23.4 Å². The van der Waals surface area contributed by atoms with E-state index in [1.54, 1.807) is 0 Å². The second-order valence-corrected chi connectivity index (χ2v) is 7.50. The van der Waals surface area contributed by atoms with Gasteiger partial charge in [0.2, 0.25) is 0 Å². The Bertz CT molecular complexity index is 624. The van der Waals surface area contributed by atoms with Crippen LogP contribution in [0.4, 0.5) is 14.5 Å². The van der Waals surface area contributed by atoms with Crippen LogP contribution >= 0.6 is 12.2 Å². The van der Waals surface area contributed by atoms with Crippen molar-refractivity contribution in [2.45, 2.75) is 6.42 Å². The highest BCUT2D eigenvalue weighted by Crippen LogP contribution is 2.23. The first-order valence-electron chi connectivity index (χ1n) is 6.01. The van der Waals surface area contributed by atoms with Crippen LogP contribution in [-0.4, -0.2) is 31.5 Å². The Kier molecular flexibility index (Phi) is 4.24. The molecule has 1 unspecified atom stereocenters. The highest BCUT2D eigenvalue weighted by molar-refractivity contribution is 7.91. The third-order valence-electron chi connectivity index (χ3n) is 3.22. The van der Waals surface area contributed by atoms with E-state index in [4.69, 9.17) is 5.73 Å². The Balaban J connectivity index is 2.09. The van der Waals surface area contributed by atoms with Gasteiger partial charge >= 0.3 is 0 Å². The largest absolute Gasteiger partial charge is 0.389 e. The highest BCUT2D eigenvalue weighted by atomic mass is 32.2. The minimum Gasteiger partial charge on any atom is -0.389 e. The van der Waals surface area contributed by atoms with E-state index in [1.807, 2.05) is 0 Å². The van der Waals surface area contributed by atoms with Crippen LogP contribution in [0.25, 0.3) is 0 Å². The van der Waals surface area contributed by atoms with Crippen molar-refractivity contribution in [3.05, 3.63) is 29.3 Å². The smallest absolute Gasteiger partial charge is 0.150 e. The summed E-state index contributed by atoms with van der Waals surface area (Å²) < 4.78 is 50.1. The van der Waals surface area contributed by atoms with Crippen LogP contribution in [0.2, 0.25) is 0 Å². The van der Waals surface area contributed by atoms with Crippen LogP contribution in [0.15, 0.2) is 12.1 Å². The lowest BCUT2D eigenvalue weighted by molar-refractivity contribution is 0.575. The molecule has 110 valence electrons. The highest BCUT2D eigenvalue weighted by Gasteiger charge is 2.28. The van der Waals surface area contributed by atoms with Crippen LogP contribution in [0.5, 0.6) is 0 Å². The summed E-state index contributed by atoms with van der Waals surface area (Å²) in [5, 5.41) is 2.63. The number of hydrogen-bond acceptors (Lipinski definition) is 4. The van der Waals surface area contributed by atoms with Crippen molar-refractivity contribution in [3.8, 4) is 0 Å². The number of nitrogens with one attached hydrogen (secondary N) is 1. The molecule has 0 bridgehead atoms. The molecule has 8 heteroatoms. The first-order valence-corrected chi connectivity index (χ1v) is 8.24. The summed E-state index contributed by atoms with van der Waals surface area (Å²) in [4.78, 5) is -0.0868. The van der Waals surface area contributed by atoms with Crippen molar-refractivity contribution in [1.29, 1.82) is 0 Å². The molecule has 0 spiro atoms. The number of halogens is 2. The molecule has 0 amide bonds. The fraction of sp³-hybridized carbons (Fsp3) is 0.417. The Morgan fingerprint density at radius 1 is 1.40 bits per heavy atom. The van der Waals surface area contributed by atoms with E-state index in [9.17, 15) is 17.2 Å². The minimum absolute atomic E-state index is 0.0498. The molecule has 0 radical (unpaired) electrons. The summed E-state index contributed by atoms with van der Waals surface area (Å²) in [5.41, 5.74) is 5.15. The zero-order valence-electron chi connectivity index (χ0n) is 10.5. The lowest BCUT2D eigenvalue weighted by Gasteiger charge is -2.13. The van der Waals surface area contributed by atoms with Crippen molar-refractivity contribution < 1.29 is 17.2 Å². The molecule has 1 aliphatic heterocycles. The average molecular weight is 320 g/mol. The summed E-state index contributed by atoms with van der Waals surface area (Å²) in [5.74, 6) is -1.55. The summed E-state index contributed by atoms with van der Waals surface area (Å²) in [6.07, 6.45) is 0.504. The maximum Gasteiger partial charge on any atom is 0.150 e. The zero-order chi connectivity index (χ0) is 14.9. The number of nitrogens with two attached hydrogens (primary N) is 1. The maximum atomic E-state index is 13.8. The normalized spacial score (nSPS) is 20.8. The molecule has 1 atom stereocenters. The van der Waals surface area contributed by atoms with Gasteiger partial charge < -0.3 is 11.1 Å². The molecule has 1 aliphatic rings. The van der Waals surface area contributed by atoms with Gasteiger partial charge in [-0.3, -0.25) is 0 Å². The number of hydrogen-bond donors (Lipinski definition) is 2. The molecule has 0 saturated carbocycles. The number of sulfone groups is 1. The quantitative estimate of drug-likeness (QED) is 0.822. The van der Waals surface area contributed by atoms with E-state index in [0.29, 0.717) is 6.42 Å². The Morgan fingerprint density at radius 2 is 2.00 bits per heavy atom. The lowest BCUT2D eigenvalue weighted by atomic mass is 10.1. The van der Waals surface area contributed by atoms with Gasteiger partial charge in [-0.2, -0.15) is 0 Å². The number of rotatable bonds is 4. The third-order valence-corrected chi connectivity index (χ3v) is 5.29. The predicted octanol–water partition coefficient (Wildman–Crippen LogP) is 1.45. The van der Waals surface area contributed by atoms with Gasteiger partial charge in [-0.15, -0.1) is 0 Å². The van der Waals surface area contributed by atoms with Gasteiger partial charge in [-0.05, 0) is 24.5 Å². The molecule has 20 heavy (non-hydrogen) atoms. The number of benzene rings is 1. The van der Waals surface area contributed by atoms with E-state index in [1.165, 1.54) is 0 Å². The first kappa shape index (κ1) is 15.1. The monoisotopic (exact) mass is 320 g/mol. The number of thiocarbonyl (C=S) groups is 1. The molecule has 3 N–H and O–H groups in total. The van der Waals surface area contributed by atoms with Gasteiger partial charge in [-0.1, -0.05) is 12.2 Å². The molecule has 2 rings (SSSR count). The molecule has 1 aromatic rings. The predicted molar refractivity (Wildman–Crippen MR) is 77.5 cm³/mol. The van der Waals surface area contributed by atoms with E-state index < -0.39 is 21.5 Å². The molecule has 1 aromatic carbocycles. The van der Waals surface area contributed by atoms with Gasteiger partial charge in [0.25, 0.3) is 0 Å². The van der Waals surface area contributed by atoms with Gasteiger partial charge in [-0.25, -0.2) is 17.2 Å². The fourth-order valence-electron chi connectivity index (χ4n) is 2.16. The van der Waals surface area contributed by atoms with E-state index in [2.05, 4.69) is 17.5 Å². The number of anilines is 1. The lowest BCUT2D eigenvalue weighted by Crippen LogP contribution is -2.18. The van der Waals surface area contributed by atoms with E-state index in [-0.39, 0.29) is 40.2 Å². The Morgan fingerprint density at radius 3 is 2.45 bits per heavy atom. The topological polar surface area (TPSA) is 72.2 Å². The molecule has 1 saturated heterocycles. The van der Waals surface area contributed by atoms with E-state index >= 15 is 0 Å². The van der Waals surface area contributed by atoms with Gasteiger partial charge in [0.1, 0.15) is 22.3 Å². The molecule has 4 nitrogen and oxygen atoms in total. The fourth-order valence-corrected chi connectivity index (χ4v) is 4.14. The maximum absolute atomic E-state index is 13.8. The van der Waals surface area contributed by atoms with Gasteiger partial charge in [0.15, 0.2) is 9.84 Å². The zero-order valence-corrected chi connectivity index (χ0v) is 12.2. The Labute approximate surface area is 121 Å². The molecular weight excluding hydrogens is 306 g/mol. The second kappa shape index (κ2) is 5.61. The second-order valence-electron chi connectivity index (χ2n) is 4.83. The third kappa shape index (κ3) is 3.43. The van der Waals surface area contributed by atoms with Crippen LogP contribution in [0.3, 0.4) is 0 Å². The molecular formula is C12H14F2N2O2S2. The van der Waals surface area contributed by atoms with Crippen molar-refractivity contribution in [2.24, 2.45) is 11.7 Å². The first-order chi connectivity index (χ1) is 9.28. The van der Waals surface area contributed by atoms with Crippen molar-refractivity contribution in [3.63, 3.8) is 0 Å². The Hall–Kier alpha value is -1.28. The van der Waals surface area contributed by atoms with Crippen LogP contribution in [0.1, 0.15) is 12.0 Å². The molecule has 0 aliphatic carbocycles. The minimum atomic E-state index is -3.00. The summed E-state index contributed by atoms with van der Waals surface area (Å²) in [6, 6.07) is 2.11. The standard InChI is InChI=1S/C12H14F2N2O2S2/c13-9-3-8(12(15)19)4-10(14)11(9)16-5-7-1-2-20(17,18)6-7/h3-4,7,16H,1-2,5-6H2,(H2,15,19). The van der Waals surface area contributed by atoms with E-state index in [0.717, 1.165) is 12.1 Å². The molecule has 0 aromatic heterocycles. The molecule has 1 fully saturated rings. The van der Waals surface area contributed by atoms with Crippen LogP contribution < -0.4 is 11.1 Å². The van der Waals surface area contributed by atoms with Crippen LogP contribution in [-0.2, 0) is 9.84 Å². The van der Waals surface area contributed by atoms with Crippen LogP contribution in [0, 0.1) is 17.6 Å². The summed E-state index contributed by atoms with van der Waals surface area (Å²) in [6.45, 7) is 0.208. The average Bonchev–Trinajstić information content (AvgIpc) is 2.67. The molecule has 1 heterocycles. The SMILES string of the molecule is NC(=S)c1cc(F)c(NCC2CCS(=O)(=O)C2)c(F)c1.